The molecule has 1 aliphatic heterocycles. The van der Waals surface area contributed by atoms with Gasteiger partial charge >= 0.3 is 5.97 Å². The van der Waals surface area contributed by atoms with E-state index in [0.717, 1.165) is 12.8 Å². The van der Waals surface area contributed by atoms with E-state index in [1.807, 2.05) is 6.08 Å². The predicted molar refractivity (Wildman–Crippen MR) is 59.9 cm³/mol. The Labute approximate surface area is 99.5 Å². The molecule has 1 heterocycles. The van der Waals surface area contributed by atoms with Gasteiger partial charge in [0.15, 0.2) is 5.78 Å². The van der Waals surface area contributed by atoms with Crippen molar-refractivity contribution in [2.45, 2.75) is 24.9 Å². The topological polar surface area (TPSA) is 43.4 Å². The molecule has 0 amide bonds. The molecule has 0 aromatic carbocycles. The minimum atomic E-state index is -0.472. The monoisotopic (exact) mass is 230 g/mol. The molecule has 0 radical (unpaired) electrons. The number of esters is 1. The van der Waals surface area contributed by atoms with Crippen molar-refractivity contribution in [3.8, 4) is 0 Å². The summed E-state index contributed by atoms with van der Waals surface area (Å²) in [6, 6.07) is 0. The summed E-state index contributed by atoms with van der Waals surface area (Å²) in [5.41, 5.74) is -0.472. The highest BCUT2D eigenvalue weighted by Crippen LogP contribution is 2.57. The normalized spacial score (nSPS) is 50.1. The number of hydrogen-bond donors (Lipinski definition) is 0. The largest absolute Gasteiger partial charge is 0.454 e. The van der Waals surface area contributed by atoms with Gasteiger partial charge in [-0.25, -0.2) is 0 Å². The first kappa shape index (κ1) is 9.63. The smallest absolute Gasteiger partial charge is 0.306 e. The number of allylic oxidation sites excluding steroid dienone is 3. The van der Waals surface area contributed by atoms with Crippen molar-refractivity contribution in [2.24, 2.45) is 23.7 Å². The molecule has 2 fully saturated rings. The van der Waals surface area contributed by atoms with Crippen molar-refractivity contribution < 1.29 is 14.3 Å². The van der Waals surface area contributed by atoms with E-state index in [4.69, 9.17) is 4.74 Å². The van der Waals surface area contributed by atoms with Gasteiger partial charge in [0.1, 0.15) is 5.60 Å². The van der Waals surface area contributed by atoms with E-state index in [9.17, 15) is 9.59 Å². The van der Waals surface area contributed by atoms with Crippen LogP contribution < -0.4 is 0 Å². The van der Waals surface area contributed by atoms with E-state index < -0.39 is 5.60 Å². The maximum atomic E-state index is 12.0. The number of ether oxygens (including phenoxy) is 1. The molecule has 1 saturated carbocycles. The lowest BCUT2D eigenvalue weighted by Gasteiger charge is -2.41. The zero-order valence-corrected chi connectivity index (χ0v) is 9.46. The fourth-order valence-corrected chi connectivity index (χ4v) is 4.29. The average Bonchev–Trinajstić information content (AvgIpc) is 2.99. The molecule has 0 aromatic rings. The van der Waals surface area contributed by atoms with Crippen LogP contribution in [-0.4, -0.2) is 17.4 Å². The van der Waals surface area contributed by atoms with E-state index in [1.165, 1.54) is 0 Å². The van der Waals surface area contributed by atoms with Gasteiger partial charge in [0.05, 0.1) is 0 Å². The van der Waals surface area contributed by atoms with Crippen LogP contribution in [0.2, 0.25) is 0 Å². The second-order valence-corrected chi connectivity index (χ2v) is 5.66. The van der Waals surface area contributed by atoms with Gasteiger partial charge in [0.25, 0.3) is 0 Å². The van der Waals surface area contributed by atoms with Crippen LogP contribution in [0.25, 0.3) is 0 Å². The molecule has 88 valence electrons. The van der Waals surface area contributed by atoms with Crippen LogP contribution in [0.15, 0.2) is 24.3 Å². The van der Waals surface area contributed by atoms with Crippen molar-refractivity contribution in [1.29, 1.82) is 0 Å². The predicted octanol–water partition coefficient (Wildman–Crippen LogP) is 1.64. The molecule has 3 heteroatoms. The molecule has 3 nitrogen and oxygen atoms in total. The Hall–Kier alpha value is -1.38. The number of carbonyl (C=O) groups excluding carboxylic acids is 2. The van der Waals surface area contributed by atoms with Gasteiger partial charge in [-0.2, -0.15) is 0 Å². The van der Waals surface area contributed by atoms with E-state index in [0.29, 0.717) is 18.3 Å². The molecule has 2 bridgehead atoms. The fraction of sp³-hybridized carbons (Fsp3) is 0.571. The second-order valence-electron chi connectivity index (χ2n) is 5.66. The Balaban J connectivity index is 1.82. The second kappa shape index (κ2) is 2.89. The van der Waals surface area contributed by atoms with Crippen molar-refractivity contribution >= 4 is 11.8 Å². The molecular weight excluding hydrogens is 216 g/mol. The number of carbonyl (C=O) groups is 2. The van der Waals surface area contributed by atoms with Crippen LogP contribution in [0, 0.1) is 23.7 Å². The van der Waals surface area contributed by atoms with Gasteiger partial charge in [-0.15, -0.1) is 0 Å². The lowest BCUT2D eigenvalue weighted by molar-refractivity contribution is -0.153. The summed E-state index contributed by atoms with van der Waals surface area (Å²) in [6.07, 6.45) is 10.2. The summed E-state index contributed by atoms with van der Waals surface area (Å²) < 4.78 is 5.59. The number of ketones is 1. The maximum absolute atomic E-state index is 12.0. The third-order valence-electron chi connectivity index (χ3n) is 4.91. The molecule has 1 spiro atoms. The summed E-state index contributed by atoms with van der Waals surface area (Å²) >= 11 is 0. The third-order valence-corrected chi connectivity index (χ3v) is 4.91. The molecule has 0 unspecified atom stereocenters. The van der Waals surface area contributed by atoms with E-state index >= 15 is 0 Å². The Bertz CT molecular complexity index is 476. The van der Waals surface area contributed by atoms with E-state index in [-0.39, 0.29) is 23.6 Å². The maximum Gasteiger partial charge on any atom is 0.306 e. The van der Waals surface area contributed by atoms with Crippen LogP contribution in [0.5, 0.6) is 0 Å². The summed E-state index contributed by atoms with van der Waals surface area (Å²) in [6.45, 7) is 0. The highest BCUT2D eigenvalue weighted by molar-refractivity contribution is 5.94. The Morgan fingerprint density at radius 2 is 2.06 bits per heavy atom. The van der Waals surface area contributed by atoms with Gasteiger partial charge in [-0.1, -0.05) is 12.2 Å². The zero-order valence-electron chi connectivity index (χ0n) is 9.46. The fourth-order valence-electron chi connectivity index (χ4n) is 4.29. The first-order valence-electron chi connectivity index (χ1n) is 6.33. The SMILES string of the molecule is O=C1CC[C@]2(C=CC(=O)[C@H]3[C@@H]2[C@@H]2C=C[C@H]3C2)O1. The zero-order chi connectivity index (χ0) is 11.6. The summed E-state index contributed by atoms with van der Waals surface area (Å²) in [5.74, 6) is 1.15. The van der Waals surface area contributed by atoms with Crippen molar-refractivity contribution in [2.75, 3.05) is 0 Å². The molecular formula is C14H14O3. The van der Waals surface area contributed by atoms with Gasteiger partial charge in [-0.05, 0) is 30.4 Å². The van der Waals surface area contributed by atoms with Crippen LogP contribution in [-0.2, 0) is 14.3 Å². The molecule has 0 aromatic heterocycles. The standard InChI is InChI=1S/C14H14O3/c15-10-3-5-14(6-4-11(16)17-14)13-9-2-1-8(7-9)12(10)13/h1-3,5,8-9,12-13H,4,6-7H2/t8-,9+,12-,13-,14-/m0/s1. The van der Waals surface area contributed by atoms with Crippen LogP contribution in [0.4, 0.5) is 0 Å². The highest BCUT2D eigenvalue weighted by Gasteiger charge is 2.60. The third kappa shape index (κ3) is 1.07. The number of fused-ring (bicyclic) bond motifs is 6. The molecule has 5 atom stereocenters. The minimum absolute atomic E-state index is 0.0564. The van der Waals surface area contributed by atoms with Gasteiger partial charge in [0, 0.05) is 24.7 Å². The first-order valence-corrected chi connectivity index (χ1v) is 6.33. The molecule has 17 heavy (non-hydrogen) atoms. The van der Waals surface area contributed by atoms with Crippen LogP contribution >= 0.6 is 0 Å². The molecule has 0 N–H and O–H groups in total. The first-order chi connectivity index (χ1) is 8.20. The highest BCUT2D eigenvalue weighted by atomic mass is 16.6. The van der Waals surface area contributed by atoms with Crippen molar-refractivity contribution in [3.05, 3.63) is 24.3 Å². The van der Waals surface area contributed by atoms with Gasteiger partial charge < -0.3 is 4.74 Å². The summed E-state index contributed by atoms with van der Waals surface area (Å²) in [7, 11) is 0. The van der Waals surface area contributed by atoms with Crippen LogP contribution in [0.1, 0.15) is 19.3 Å². The lowest BCUT2D eigenvalue weighted by Crippen LogP contribution is -2.47. The van der Waals surface area contributed by atoms with Crippen LogP contribution in [0.3, 0.4) is 0 Å². The Morgan fingerprint density at radius 1 is 1.24 bits per heavy atom. The molecule has 1 saturated heterocycles. The van der Waals surface area contributed by atoms with Crippen molar-refractivity contribution in [3.63, 3.8) is 0 Å². The minimum Gasteiger partial charge on any atom is -0.454 e. The summed E-state index contributed by atoms with van der Waals surface area (Å²) in [4.78, 5) is 23.5. The lowest BCUT2D eigenvalue weighted by atomic mass is 9.66. The van der Waals surface area contributed by atoms with E-state index in [2.05, 4.69) is 12.2 Å². The number of hydrogen-bond acceptors (Lipinski definition) is 3. The molecule has 4 rings (SSSR count). The molecule has 3 aliphatic carbocycles. The average molecular weight is 230 g/mol. The number of rotatable bonds is 0. The van der Waals surface area contributed by atoms with Gasteiger partial charge in [0.2, 0.25) is 0 Å². The molecule has 4 aliphatic rings. The van der Waals surface area contributed by atoms with Crippen molar-refractivity contribution in [1.82, 2.24) is 0 Å². The quantitative estimate of drug-likeness (QED) is 0.469. The van der Waals surface area contributed by atoms with E-state index in [1.54, 1.807) is 6.08 Å². The Kier molecular flexibility index (Phi) is 1.64. The van der Waals surface area contributed by atoms with Gasteiger partial charge in [-0.3, -0.25) is 9.59 Å². The Morgan fingerprint density at radius 3 is 2.82 bits per heavy atom. The summed E-state index contributed by atoms with van der Waals surface area (Å²) in [5, 5.41) is 0.